The molecule has 1 aliphatic carbocycles. The number of carboxylic acid groups (broad SMARTS) is 1. The molecule has 0 spiro atoms. The first kappa shape index (κ1) is 12.1. The van der Waals surface area contributed by atoms with E-state index >= 15 is 0 Å². The van der Waals surface area contributed by atoms with Gasteiger partial charge in [0.15, 0.2) is 0 Å². The van der Waals surface area contributed by atoms with Crippen LogP contribution < -0.4 is 0 Å². The van der Waals surface area contributed by atoms with E-state index in [0.29, 0.717) is 12.3 Å². The molecule has 3 heteroatoms. The number of hydrogen-bond donors (Lipinski definition) is 2. The molecule has 0 bridgehead atoms. The number of aliphatic hydroxyl groups is 1. The molecule has 0 saturated heterocycles. The van der Waals surface area contributed by atoms with Gasteiger partial charge in [-0.1, -0.05) is 38.1 Å². The topological polar surface area (TPSA) is 57.5 Å². The molecule has 1 fully saturated rings. The molecule has 17 heavy (non-hydrogen) atoms. The molecule has 92 valence electrons. The van der Waals surface area contributed by atoms with Gasteiger partial charge in [0.2, 0.25) is 0 Å². The van der Waals surface area contributed by atoms with Crippen LogP contribution in [0.1, 0.15) is 37.3 Å². The molecule has 0 amide bonds. The Bertz CT molecular complexity index is 422. The van der Waals surface area contributed by atoms with Gasteiger partial charge in [-0.05, 0) is 23.5 Å². The lowest BCUT2D eigenvalue weighted by molar-refractivity contribution is -0.140. The van der Waals surface area contributed by atoms with E-state index in [4.69, 9.17) is 5.11 Å². The van der Waals surface area contributed by atoms with Crippen molar-refractivity contribution in [3.8, 4) is 0 Å². The first-order valence-corrected chi connectivity index (χ1v) is 5.97. The van der Waals surface area contributed by atoms with Crippen LogP contribution in [0.3, 0.4) is 0 Å². The average molecular weight is 234 g/mol. The maximum absolute atomic E-state index is 11.4. The molecule has 0 heterocycles. The zero-order chi connectivity index (χ0) is 12.6. The van der Waals surface area contributed by atoms with Gasteiger partial charge < -0.3 is 10.2 Å². The molecule has 1 aliphatic rings. The Morgan fingerprint density at radius 2 is 2.00 bits per heavy atom. The number of benzene rings is 1. The number of hydrogen-bond acceptors (Lipinski definition) is 2. The second kappa shape index (κ2) is 4.15. The fourth-order valence-corrected chi connectivity index (χ4v) is 2.45. The summed E-state index contributed by atoms with van der Waals surface area (Å²) in [6.45, 7) is 4.16. The number of carboxylic acids is 1. The summed E-state index contributed by atoms with van der Waals surface area (Å²) in [5.41, 5.74) is 1.17. The minimum Gasteiger partial charge on any atom is -0.481 e. The van der Waals surface area contributed by atoms with Crippen molar-refractivity contribution in [2.75, 3.05) is 6.61 Å². The van der Waals surface area contributed by atoms with E-state index in [0.717, 1.165) is 5.56 Å². The highest BCUT2D eigenvalue weighted by atomic mass is 16.4. The predicted molar refractivity (Wildman–Crippen MR) is 65.0 cm³/mol. The fraction of sp³-hybridized carbons (Fsp3) is 0.500. The summed E-state index contributed by atoms with van der Waals surface area (Å²) in [6.07, 6.45) is 0.542. The Morgan fingerprint density at radius 3 is 2.35 bits per heavy atom. The molecule has 1 saturated carbocycles. The van der Waals surface area contributed by atoms with E-state index in [9.17, 15) is 9.90 Å². The Hall–Kier alpha value is -1.35. The second-order valence-electron chi connectivity index (χ2n) is 5.14. The van der Waals surface area contributed by atoms with Gasteiger partial charge >= 0.3 is 5.97 Å². The van der Waals surface area contributed by atoms with Crippen LogP contribution in [0.15, 0.2) is 24.3 Å². The van der Waals surface area contributed by atoms with Crippen molar-refractivity contribution in [3.05, 3.63) is 35.4 Å². The highest BCUT2D eigenvalue weighted by molar-refractivity contribution is 5.85. The first-order valence-electron chi connectivity index (χ1n) is 5.97. The third-order valence-electron chi connectivity index (χ3n) is 3.80. The molecule has 2 N–H and O–H groups in total. The van der Waals surface area contributed by atoms with Crippen LogP contribution in [-0.4, -0.2) is 22.8 Å². The molecule has 1 aromatic carbocycles. The molecule has 2 unspecified atom stereocenters. The summed E-state index contributed by atoms with van der Waals surface area (Å²) < 4.78 is 0. The SMILES string of the molecule is CC(C)c1ccc(C2(C(=O)O)CC2CO)cc1. The maximum atomic E-state index is 11.4. The summed E-state index contributed by atoms with van der Waals surface area (Å²) in [5, 5.41) is 18.5. The molecule has 0 aromatic heterocycles. The number of aliphatic carboxylic acids is 1. The van der Waals surface area contributed by atoms with Gasteiger partial charge in [0.05, 0.1) is 5.41 Å². The van der Waals surface area contributed by atoms with Crippen molar-refractivity contribution >= 4 is 5.97 Å². The lowest BCUT2D eigenvalue weighted by Gasteiger charge is -2.14. The van der Waals surface area contributed by atoms with Gasteiger partial charge in [0.25, 0.3) is 0 Å². The molecule has 0 radical (unpaired) electrons. The van der Waals surface area contributed by atoms with Crippen molar-refractivity contribution in [1.29, 1.82) is 0 Å². The quantitative estimate of drug-likeness (QED) is 0.839. The molecule has 1 aromatic rings. The first-order chi connectivity index (χ1) is 8.02. The predicted octanol–water partition coefficient (Wildman–Crippen LogP) is 2.14. The van der Waals surface area contributed by atoms with Crippen LogP contribution in [0.25, 0.3) is 0 Å². The normalized spacial score (nSPS) is 27.2. The van der Waals surface area contributed by atoms with Crippen molar-refractivity contribution in [3.63, 3.8) is 0 Å². The van der Waals surface area contributed by atoms with Crippen molar-refractivity contribution in [2.24, 2.45) is 5.92 Å². The lowest BCUT2D eigenvalue weighted by Crippen LogP contribution is -2.23. The van der Waals surface area contributed by atoms with Crippen LogP contribution in [0.2, 0.25) is 0 Å². The highest BCUT2D eigenvalue weighted by Crippen LogP contribution is 2.54. The average Bonchev–Trinajstić information content (AvgIpc) is 3.05. The summed E-state index contributed by atoms with van der Waals surface area (Å²) in [5.74, 6) is -0.517. The maximum Gasteiger partial charge on any atom is 0.314 e. The van der Waals surface area contributed by atoms with Gasteiger partial charge in [-0.15, -0.1) is 0 Å². The summed E-state index contributed by atoms with van der Waals surface area (Å²) in [4.78, 5) is 11.4. The van der Waals surface area contributed by atoms with Crippen LogP contribution in [0.4, 0.5) is 0 Å². The van der Waals surface area contributed by atoms with Crippen molar-refractivity contribution in [1.82, 2.24) is 0 Å². The van der Waals surface area contributed by atoms with Gasteiger partial charge in [0.1, 0.15) is 0 Å². The van der Waals surface area contributed by atoms with Gasteiger partial charge in [-0.2, -0.15) is 0 Å². The van der Waals surface area contributed by atoms with Gasteiger partial charge in [0, 0.05) is 12.5 Å². The highest BCUT2D eigenvalue weighted by Gasteiger charge is 2.61. The minimum absolute atomic E-state index is 0.0573. The second-order valence-corrected chi connectivity index (χ2v) is 5.14. The van der Waals surface area contributed by atoms with Crippen LogP contribution in [-0.2, 0) is 10.2 Å². The Labute approximate surface area is 101 Å². The molecular formula is C14H18O3. The largest absolute Gasteiger partial charge is 0.481 e. The van der Waals surface area contributed by atoms with Crippen molar-refractivity contribution in [2.45, 2.75) is 31.6 Å². The Kier molecular flexibility index (Phi) is 2.96. The van der Waals surface area contributed by atoms with Crippen LogP contribution in [0, 0.1) is 5.92 Å². The zero-order valence-electron chi connectivity index (χ0n) is 10.2. The summed E-state index contributed by atoms with van der Waals surface area (Å²) >= 11 is 0. The van der Waals surface area contributed by atoms with E-state index < -0.39 is 11.4 Å². The van der Waals surface area contributed by atoms with Crippen LogP contribution in [0.5, 0.6) is 0 Å². The van der Waals surface area contributed by atoms with Gasteiger partial charge in [-0.25, -0.2) is 0 Å². The standard InChI is InChI=1S/C14H18O3/c1-9(2)10-3-5-11(6-4-10)14(13(16)17)7-12(14)8-15/h3-6,9,12,15H,7-8H2,1-2H3,(H,16,17). The summed E-state index contributed by atoms with van der Waals surface area (Å²) in [7, 11) is 0. The molecule has 2 rings (SSSR count). The zero-order valence-corrected chi connectivity index (χ0v) is 10.2. The third-order valence-corrected chi connectivity index (χ3v) is 3.80. The lowest BCUT2D eigenvalue weighted by atomic mass is 9.91. The number of aliphatic hydroxyl groups excluding tert-OH is 1. The van der Waals surface area contributed by atoms with E-state index in [2.05, 4.69) is 13.8 Å². The third kappa shape index (κ3) is 1.84. The van der Waals surface area contributed by atoms with E-state index in [1.807, 2.05) is 24.3 Å². The Morgan fingerprint density at radius 1 is 1.41 bits per heavy atom. The minimum atomic E-state index is -0.843. The smallest absolute Gasteiger partial charge is 0.314 e. The van der Waals surface area contributed by atoms with Crippen molar-refractivity contribution < 1.29 is 15.0 Å². The fourth-order valence-electron chi connectivity index (χ4n) is 2.45. The molecule has 0 aliphatic heterocycles. The number of carbonyl (C=O) groups is 1. The monoisotopic (exact) mass is 234 g/mol. The van der Waals surface area contributed by atoms with E-state index in [1.54, 1.807) is 0 Å². The number of rotatable bonds is 4. The van der Waals surface area contributed by atoms with Crippen LogP contribution >= 0.6 is 0 Å². The van der Waals surface area contributed by atoms with Gasteiger partial charge in [-0.3, -0.25) is 4.79 Å². The van der Waals surface area contributed by atoms with E-state index in [-0.39, 0.29) is 12.5 Å². The molecule has 3 nitrogen and oxygen atoms in total. The molecule has 2 atom stereocenters. The van der Waals surface area contributed by atoms with E-state index in [1.165, 1.54) is 5.56 Å². The molecular weight excluding hydrogens is 216 g/mol. The Balaban J connectivity index is 2.31. The summed E-state index contributed by atoms with van der Waals surface area (Å²) in [6, 6.07) is 7.74.